The van der Waals surface area contributed by atoms with Gasteiger partial charge in [0, 0.05) is 38.8 Å². The standard InChI is InChI=1S/C18H28N2O2/c1-14-2-4-15(5-3-14)12-19-9-8-17(18(22)13-19)20-10-6-16(21)7-11-20/h2-5,16-18,21-22H,6-13H2,1H3/t17-,18-/m1/s1. The summed E-state index contributed by atoms with van der Waals surface area (Å²) in [6.45, 7) is 6.64. The van der Waals surface area contributed by atoms with Gasteiger partial charge in [0.15, 0.2) is 0 Å². The van der Waals surface area contributed by atoms with Crippen LogP contribution in [0.15, 0.2) is 24.3 Å². The third-order valence-corrected chi connectivity index (χ3v) is 5.13. The fourth-order valence-electron chi connectivity index (χ4n) is 3.72. The lowest BCUT2D eigenvalue weighted by molar-refractivity contribution is -0.0355. The maximum absolute atomic E-state index is 10.5. The Bertz CT molecular complexity index is 468. The summed E-state index contributed by atoms with van der Waals surface area (Å²) in [5.74, 6) is 0. The van der Waals surface area contributed by atoms with Crippen molar-refractivity contribution in [1.82, 2.24) is 9.80 Å². The summed E-state index contributed by atoms with van der Waals surface area (Å²) < 4.78 is 0. The number of aliphatic hydroxyl groups excluding tert-OH is 2. The molecule has 2 fully saturated rings. The lowest BCUT2D eigenvalue weighted by Crippen LogP contribution is -2.55. The van der Waals surface area contributed by atoms with Gasteiger partial charge in [-0.25, -0.2) is 0 Å². The number of β-amino-alcohol motifs (C(OH)–C–C–N with tert-alkyl or cyclic N) is 1. The molecule has 2 N–H and O–H groups in total. The molecule has 0 spiro atoms. The zero-order valence-electron chi connectivity index (χ0n) is 13.5. The van der Waals surface area contributed by atoms with Crippen LogP contribution in [0, 0.1) is 6.92 Å². The van der Waals surface area contributed by atoms with Gasteiger partial charge in [0.05, 0.1) is 12.2 Å². The average Bonchev–Trinajstić information content (AvgIpc) is 2.51. The molecule has 22 heavy (non-hydrogen) atoms. The summed E-state index contributed by atoms with van der Waals surface area (Å²) in [5, 5.41) is 20.2. The molecule has 122 valence electrons. The van der Waals surface area contributed by atoms with E-state index in [1.54, 1.807) is 0 Å². The predicted octanol–water partition coefficient (Wildman–Crippen LogP) is 1.39. The molecular weight excluding hydrogens is 276 g/mol. The summed E-state index contributed by atoms with van der Waals surface area (Å²) >= 11 is 0. The van der Waals surface area contributed by atoms with E-state index < -0.39 is 0 Å². The number of hydrogen-bond acceptors (Lipinski definition) is 4. The van der Waals surface area contributed by atoms with Gasteiger partial charge < -0.3 is 10.2 Å². The van der Waals surface area contributed by atoms with E-state index in [0.717, 1.165) is 52.0 Å². The fraction of sp³-hybridized carbons (Fsp3) is 0.667. The number of benzene rings is 1. The Morgan fingerprint density at radius 3 is 2.32 bits per heavy atom. The minimum absolute atomic E-state index is 0.144. The minimum atomic E-state index is -0.283. The molecule has 2 heterocycles. The highest BCUT2D eigenvalue weighted by molar-refractivity contribution is 5.21. The Morgan fingerprint density at radius 1 is 1.00 bits per heavy atom. The first kappa shape index (κ1) is 15.9. The highest BCUT2D eigenvalue weighted by atomic mass is 16.3. The number of aliphatic hydroxyl groups is 2. The van der Waals surface area contributed by atoms with Gasteiger partial charge in [-0.2, -0.15) is 0 Å². The quantitative estimate of drug-likeness (QED) is 0.886. The highest BCUT2D eigenvalue weighted by Gasteiger charge is 2.33. The van der Waals surface area contributed by atoms with Gasteiger partial charge in [0.1, 0.15) is 0 Å². The molecule has 0 aromatic heterocycles. The summed E-state index contributed by atoms with van der Waals surface area (Å²) in [5.41, 5.74) is 2.60. The van der Waals surface area contributed by atoms with Crippen molar-refractivity contribution >= 4 is 0 Å². The molecule has 2 saturated heterocycles. The molecule has 3 rings (SSSR count). The maximum atomic E-state index is 10.5. The SMILES string of the molecule is Cc1ccc(CN2CC[C@@H](N3CCC(O)CC3)[C@H](O)C2)cc1. The molecule has 2 aliphatic heterocycles. The Balaban J connectivity index is 1.52. The first-order valence-corrected chi connectivity index (χ1v) is 8.50. The third kappa shape index (κ3) is 3.87. The van der Waals surface area contributed by atoms with Gasteiger partial charge in [-0.05, 0) is 31.7 Å². The molecule has 0 bridgehead atoms. The van der Waals surface area contributed by atoms with Crippen molar-refractivity contribution in [3.8, 4) is 0 Å². The van der Waals surface area contributed by atoms with Crippen LogP contribution in [-0.4, -0.2) is 64.4 Å². The van der Waals surface area contributed by atoms with Crippen molar-refractivity contribution < 1.29 is 10.2 Å². The zero-order chi connectivity index (χ0) is 15.5. The lowest BCUT2D eigenvalue weighted by Gasteiger charge is -2.43. The number of likely N-dealkylation sites (tertiary alicyclic amines) is 2. The van der Waals surface area contributed by atoms with Gasteiger partial charge in [-0.1, -0.05) is 29.8 Å². The van der Waals surface area contributed by atoms with Gasteiger partial charge in [-0.15, -0.1) is 0 Å². The number of nitrogens with zero attached hydrogens (tertiary/aromatic N) is 2. The van der Waals surface area contributed by atoms with Gasteiger partial charge >= 0.3 is 0 Å². The van der Waals surface area contributed by atoms with Crippen molar-refractivity contribution in [1.29, 1.82) is 0 Å². The molecule has 0 aliphatic carbocycles. The maximum Gasteiger partial charge on any atom is 0.0822 e. The first-order chi connectivity index (χ1) is 10.6. The lowest BCUT2D eigenvalue weighted by atomic mass is 9.96. The topological polar surface area (TPSA) is 46.9 Å². The van der Waals surface area contributed by atoms with Crippen LogP contribution in [0.3, 0.4) is 0 Å². The van der Waals surface area contributed by atoms with Crippen molar-refractivity contribution in [3.63, 3.8) is 0 Å². The molecule has 4 nitrogen and oxygen atoms in total. The summed E-state index contributed by atoms with van der Waals surface area (Å²) in [6, 6.07) is 8.93. The zero-order valence-corrected chi connectivity index (χ0v) is 13.5. The van der Waals surface area contributed by atoms with E-state index in [-0.39, 0.29) is 18.2 Å². The van der Waals surface area contributed by atoms with Crippen LogP contribution >= 0.6 is 0 Å². The van der Waals surface area contributed by atoms with Crippen molar-refractivity contribution in [2.24, 2.45) is 0 Å². The second-order valence-electron chi connectivity index (χ2n) is 6.91. The van der Waals surface area contributed by atoms with Gasteiger partial charge in [0.2, 0.25) is 0 Å². The Labute approximate surface area is 133 Å². The predicted molar refractivity (Wildman–Crippen MR) is 87.7 cm³/mol. The average molecular weight is 304 g/mol. The van der Waals surface area contributed by atoms with Crippen LogP contribution < -0.4 is 0 Å². The number of piperidine rings is 2. The molecule has 4 heteroatoms. The molecule has 1 aromatic rings. The largest absolute Gasteiger partial charge is 0.393 e. The number of aryl methyl sites for hydroxylation is 1. The molecule has 0 radical (unpaired) electrons. The van der Waals surface area contributed by atoms with E-state index >= 15 is 0 Å². The van der Waals surface area contributed by atoms with Gasteiger partial charge in [0.25, 0.3) is 0 Å². The number of rotatable bonds is 3. The monoisotopic (exact) mass is 304 g/mol. The van der Waals surface area contributed by atoms with Gasteiger partial charge in [-0.3, -0.25) is 9.80 Å². The van der Waals surface area contributed by atoms with E-state index in [4.69, 9.17) is 0 Å². The Hall–Kier alpha value is -0.940. The van der Waals surface area contributed by atoms with Crippen LogP contribution in [-0.2, 0) is 6.54 Å². The molecule has 2 atom stereocenters. The molecular formula is C18H28N2O2. The summed E-state index contributed by atoms with van der Waals surface area (Å²) in [6.07, 6.45) is 2.28. The Kier molecular flexibility index (Phi) is 5.14. The van der Waals surface area contributed by atoms with Crippen LogP contribution in [0.1, 0.15) is 30.4 Å². The second kappa shape index (κ2) is 7.09. The molecule has 0 saturated carbocycles. The van der Waals surface area contributed by atoms with Crippen molar-refractivity contribution in [2.75, 3.05) is 26.2 Å². The summed E-state index contributed by atoms with van der Waals surface area (Å²) in [7, 11) is 0. The normalized spacial score (nSPS) is 28.9. The van der Waals surface area contributed by atoms with E-state index in [9.17, 15) is 10.2 Å². The minimum Gasteiger partial charge on any atom is -0.393 e. The Morgan fingerprint density at radius 2 is 1.68 bits per heavy atom. The molecule has 0 unspecified atom stereocenters. The highest BCUT2D eigenvalue weighted by Crippen LogP contribution is 2.22. The van der Waals surface area contributed by atoms with Crippen LogP contribution in [0.2, 0.25) is 0 Å². The van der Waals surface area contributed by atoms with E-state index in [1.807, 2.05) is 0 Å². The second-order valence-corrected chi connectivity index (χ2v) is 6.91. The van der Waals surface area contributed by atoms with Crippen molar-refractivity contribution in [2.45, 2.75) is 51.0 Å². The van der Waals surface area contributed by atoms with E-state index in [1.165, 1.54) is 11.1 Å². The first-order valence-electron chi connectivity index (χ1n) is 8.50. The third-order valence-electron chi connectivity index (χ3n) is 5.13. The fourth-order valence-corrected chi connectivity index (χ4v) is 3.72. The van der Waals surface area contributed by atoms with Crippen LogP contribution in [0.4, 0.5) is 0 Å². The van der Waals surface area contributed by atoms with Crippen molar-refractivity contribution in [3.05, 3.63) is 35.4 Å². The molecule has 1 aromatic carbocycles. The summed E-state index contributed by atoms with van der Waals surface area (Å²) in [4.78, 5) is 4.73. The van der Waals surface area contributed by atoms with Crippen LogP contribution in [0.5, 0.6) is 0 Å². The molecule has 2 aliphatic rings. The smallest absolute Gasteiger partial charge is 0.0822 e. The van der Waals surface area contributed by atoms with E-state index in [2.05, 4.69) is 41.0 Å². The number of hydrogen-bond donors (Lipinski definition) is 2. The van der Waals surface area contributed by atoms with E-state index in [0.29, 0.717) is 0 Å². The molecule has 0 amide bonds. The van der Waals surface area contributed by atoms with Crippen LogP contribution in [0.25, 0.3) is 0 Å².